The van der Waals surface area contributed by atoms with Crippen LogP contribution in [0.4, 0.5) is 0 Å². The molecule has 0 bridgehead atoms. The summed E-state index contributed by atoms with van der Waals surface area (Å²) in [7, 11) is 0. The number of carbonyl (C=O) groups is 2. The number of rotatable bonds is 16. The van der Waals surface area contributed by atoms with Crippen LogP contribution >= 0.6 is 0 Å². The molecule has 0 aromatic rings. The second-order valence-electron chi connectivity index (χ2n) is 8.56. The van der Waals surface area contributed by atoms with Gasteiger partial charge in [0.05, 0.1) is 0 Å². The van der Waals surface area contributed by atoms with Crippen molar-refractivity contribution >= 4 is 11.8 Å². The minimum atomic E-state index is -0.0558. The molecule has 31 heavy (non-hydrogen) atoms. The van der Waals surface area contributed by atoms with Crippen molar-refractivity contribution in [1.82, 2.24) is 14.7 Å². The summed E-state index contributed by atoms with van der Waals surface area (Å²) in [5.74, 6) is -0.112. The van der Waals surface area contributed by atoms with Crippen molar-refractivity contribution in [3.8, 4) is 0 Å². The molecule has 1 aliphatic carbocycles. The van der Waals surface area contributed by atoms with Gasteiger partial charge in [0.15, 0.2) is 0 Å². The maximum absolute atomic E-state index is 12.6. The largest absolute Gasteiger partial charge is 0.329 e. The van der Waals surface area contributed by atoms with E-state index in [1.807, 2.05) is 0 Å². The van der Waals surface area contributed by atoms with Gasteiger partial charge in [-0.25, -0.2) is 0 Å². The van der Waals surface area contributed by atoms with Crippen LogP contribution in [0.1, 0.15) is 44.9 Å². The minimum absolute atomic E-state index is 0.0558. The molecule has 8 N–H and O–H groups in total. The molecule has 0 saturated carbocycles. The molecule has 2 aliphatic rings. The summed E-state index contributed by atoms with van der Waals surface area (Å²) in [5.41, 5.74) is 24.9. The lowest BCUT2D eigenvalue weighted by Crippen LogP contribution is -2.47. The highest BCUT2D eigenvalue weighted by Gasteiger charge is 2.38. The van der Waals surface area contributed by atoms with E-state index in [0.29, 0.717) is 32.7 Å². The molecule has 178 valence electrons. The fraction of sp³-hybridized carbons (Fsp3) is 0.818. The number of hydrogen-bond acceptors (Lipinski definition) is 8. The van der Waals surface area contributed by atoms with Crippen molar-refractivity contribution in [1.29, 1.82) is 0 Å². The molecule has 1 atom stereocenters. The maximum atomic E-state index is 12.6. The lowest BCUT2D eigenvalue weighted by Gasteiger charge is -2.33. The van der Waals surface area contributed by atoms with E-state index in [1.54, 1.807) is 0 Å². The average Bonchev–Trinajstić information content (AvgIpc) is 3.02. The van der Waals surface area contributed by atoms with Crippen LogP contribution in [0.2, 0.25) is 0 Å². The third-order valence-electron chi connectivity index (χ3n) is 6.44. The van der Waals surface area contributed by atoms with Crippen molar-refractivity contribution in [2.24, 2.45) is 22.9 Å². The van der Waals surface area contributed by atoms with Gasteiger partial charge >= 0.3 is 0 Å². The highest BCUT2D eigenvalue weighted by molar-refractivity contribution is 6.19. The fourth-order valence-electron chi connectivity index (χ4n) is 4.71. The topological polar surface area (TPSA) is 148 Å². The first-order valence-electron chi connectivity index (χ1n) is 11.9. The summed E-state index contributed by atoms with van der Waals surface area (Å²) >= 11 is 0. The second-order valence-corrected chi connectivity index (χ2v) is 8.56. The SMILES string of the molecule is NCCN(CCN)CCN(CCN)C(CN)CCCCN1C(=O)C2=C(CCCC2)C1=O. The van der Waals surface area contributed by atoms with Gasteiger partial charge in [-0.15, -0.1) is 0 Å². The Kier molecular flexibility index (Phi) is 11.6. The number of nitrogens with zero attached hydrogens (tertiary/aromatic N) is 3. The Bertz CT molecular complexity index is 577. The summed E-state index contributed by atoms with van der Waals surface area (Å²) in [4.78, 5) is 31.2. The van der Waals surface area contributed by atoms with Gasteiger partial charge in [-0.3, -0.25) is 24.3 Å². The Labute approximate surface area is 187 Å². The number of amides is 2. The van der Waals surface area contributed by atoms with Crippen LogP contribution in [0.25, 0.3) is 0 Å². The monoisotopic (exact) mass is 437 g/mol. The molecule has 1 unspecified atom stereocenters. The molecular weight excluding hydrogens is 394 g/mol. The molecule has 2 rings (SSSR count). The summed E-state index contributed by atoms with van der Waals surface area (Å²) in [5, 5.41) is 0. The van der Waals surface area contributed by atoms with Crippen molar-refractivity contribution in [2.45, 2.75) is 51.0 Å². The van der Waals surface area contributed by atoms with Gasteiger partial charge in [0.25, 0.3) is 11.8 Å². The Balaban J connectivity index is 1.79. The van der Waals surface area contributed by atoms with Crippen LogP contribution < -0.4 is 22.9 Å². The number of hydrogen-bond donors (Lipinski definition) is 4. The van der Waals surface area contributed by atoms with Crippen LogP contribution in [0.5, 0.6) is 0 Å². The zero-order valence-electron chi connectivity index (χ0n) is 19.1. The summed E-state index contributed by atoms with van der Waals surface area (Å²) in [6.07, 6.45) is 6.17. The maximum Gasteiger partial charge on any atom is 0.257 e. The summed E-state index contributed by atoms with van der Waals surface area (Å²) < 4.78 is 0. The van der Waals surface area contributed by atoms with E-state index in [0.717, 1.165) is 88.8 Å². The van der Waals surface area contributed by atoms with E-state index < -0.39 is 0 Å². The molecule has 0 spiro atoms. The lowest BCUT2D eigenvalue weighted by molar-refractivity contribution is -0.137. The van der Waals surface area contributed by atoms with E-state index in [9.17, 15) is 9.59 Å². The Morgan fingerprint density at radius 2 is 1.35 bits per heavy atom. The number of carbonyl (C=O) groups excluding carboxylic acids is 2. The third-order valence-corrected chi connectivity index (χ3v) is 6.44. The van der Waals surface area contributed by atoms with Crippen molar-refractivity contribution in [3.63, 3.8) is 0 Å². The second kappa shape index (κ2) is 13.9. The first-order chi connectivity index (χ1) is 15.1. The van der Waals surface area contributed by atoms with Gasteiger partial charge in [-0.1, -0.05) is 6.42 Å². The molecule has 0 aromatic heterocycles. The van der Waals surface area contributed by atoms with Crippen LogP contribution in [-0.4, -0.2) is 98.0 Å². The predicted molar refractivity (Wildman–Crippen MR) is 124 cm³/mol. The highest BCUT2D eigenvalue weighted by atomic mass is 16.2. The van der Waals surface area contributed by atoms with Gasteiger partial charge in [-0.2, -0.15) is 0 Å². The van der Waals surface area contributed by atoms with E-state index in [1.165, 1.54) is 4.90 Å². The molecule has 0 radical (unpaired) electrons. The van der Waals surface area contributed by atoms with Crippen LogP contribution in [0.3, 0.4) is 0 Å². The minimum Gasteiger partial charge on any atom is -0.329 e. The number of imide groups is 1. The molecule has 0 fully saturated rings. The van der Waals surface area contributed by atoms with E-state index >= 15 is 0 Å². The highest BCUT2D eigenvalue weighted by Crippen LogP contribution is 2.33. The molecule has 0 aromatic carbocycles. The summed E-state index contributed by atoms with van der Waals surface area (Å²) in [6.45, 7) is 7.09. The van der Waals surface area contributed by atoms with E-state index in [-0.39, 0.29) is 17.9 Å². The molecule has 9 nitrogen and oxygen atoms in total. The standard InChI is InChI=1S/C22H43N7O2/c23-8-12-27(13-9-24)15-16-28(14-10-25)18(17-26)5-3-4-11-29-21(30)19-6-1-2-7-20(19)22(29)31/h18H,1-17,23-26H2. The average molecular weight is 438 g/mol. The van der Waals surface area contributed by atoms with Crippen molar-refractivity contribution in [3.05, 3.63) is 11.1 Å². The number of unbranched alkanes of at least 4 members (excludes halogenated alkanes) is 1. The van der Waals surface area contributed by atoms with Gasteiger partial charge in [0.2, 0.25) is 0 Å². The van der Waals surface area contributed by atoms with Crippen LogP contribution in [0, 0.1) is 0 Å². The van der Waals surface area contributed by atoms with E-state index in [2.05, 4.69) is 9.80 Å². The van der Waals surface area contributed by atoms with Crippen molar-refractivity contribution in [2.75, 3.05) is 65.4 Å². The fourth-order valence-corrected chi connectivity index (χ4v) is 4.71. The Hall–Kier alpha value is -1.36. The van der Waals surface area contributed by atoms with Crippen molar-refractivity contribution < 1.29 is 9.59 Å². The molecule has 2 amide bonds. The molecule has 0 saturated heterocycles. The van der Waals surface area contributed by atoms with Gasteiger partial charge < -0.3 is 22.9 Å². The van der Waals surface area contributed by atoms with Gasteiger partial charge in [-0.05, 0) is 38.5 Å². The Morgan fingerprint density at radius 3 is 1.87 bits per heavy atom. The Morgan fingerprint density at radius 1 is 0.774 bits per heavy atom. The molecule has 1 heterocycles. The van der Waals surface area contributed by atoms with Crippen LogP contribution in [-0.2, 0) is 9.59 Å². The summed E-state index contributed by atoms with van der Waals surface area (Å²) in [6, 6.07) is 0.234. The third kappa shape index (κ3) is 7.34. The quantitative estimate of drug-likeness (QED) is 0.181. The zero-order valence-corrected chi connectivity index (χ0v) is 19.1. The predicted octanol–water partition coefficient (Wildman–Crippen LogP) is -0.796. The normalized spacial score (nSPS) is 17.9. The zero-order chi connectivity index (χ0) is 22.6. The van der Waals surface area contributed by atoms with E-state index in [4.69, 9.17) is 22.9 Å². The lowest BCUT2D eigenvalue weighted by atomic mass is 9.93. The van der Waals surface area contributed by atoms with Gasteiger partial charge in [0, 0.05) is 82.6 Å². The molecular formula is C22H43N7O2. The first-order valence-corrected chi connectivity index (χ1v) is 11.9. The molecule has 1 aliphatic heterocycles. The van der Waals surface area contributed by atoms with Crippen LogP contribution in [0.15, 0.2) is 11.1 Å². The van der Waals surface area contributed by atoms with Gasteiger partial charge in [0.1, 0.15) is 0 Å². The smallest absolute Gasteiger partial charge is 0.257 e. The molecule has 9 heteroatoms. The first kappa shape index (κ1) is 25.9. The number of nitrogens with two attached hydrogens (primary N) is 4.